The third-order valence-electron chi connectivity index (χ3n) is 2.80. The zero-order valence-electron chi connectivity index (χ0n) is 11.3. The topological polar surface area (TPSA) is 23.5 Å². The normalized spacial score (nSPS) is 13.2. The van der Waals surface area contributed by atoms with Crippen molar-refractivity contribution in [1.29, 1.82) is 0 Å². The number of para-hydroxylation sites is 1. The Bertz CT molecular complexity index is 377. The van der Waals surface area contributed by atoms with Crippen molar-refractivity contribution in [2.45, 2.75) is 39.3 Å². The second kappa shape index (κ2) is 5.37. The fourth-order valence-corrected chi connectivity index (χ4v) is 1.95. The number of aliphatic hydroxyl groups is 1. The van der Waals surface area contributed by atoms with Crippen LogP contribution in [-0.4, -0.2) is 17.2 Å². The molecule has 1 rings (SSSR count). The van der Waals surface area contributed by atoms with Gasteiger partial charge in [-0.1, -0.05) is 24.3 Å². The highest BCUT2D eigenvalue weighted by Gasteiger charge is 2.23. The van der Waals surface area contributed by atoms with Gasteiger partial charge in [-0.2, -0.15) is 0 Å². The molecular formula is C15H23NO. The van der Waals surface area contributed by atoms with E-state index >= 15 is 0 Å². The minimum atomic E-state index is -0.458. The summed E-state index contributed by atoms with van der Waals surface area (Å²) >= 11 is 0. The van der Waals surface area contributed by atoms with E-state index in [0.717, 1.165) is 17.8 Å². The molecule has 2 nitrogen and oxygen atoms in total. The zero-order valence-corrected chi connectivity index (χ0v) is 11.3. The van der Waals surface area contributed by atoms with E-state index in [0.29, 0.717) is 0 Å². The van der Waals surface area contributed by atoms with Crippen molar-refractivity contribution in [2.24, 2.45) is 0 Å². The minimum absolute atomic E-state index is 0.000810. The largest absolute Gasteiger partial charge is 0.389 e. The Morgan fingerprint density at radius 2 is 1.94 bits per heavy atom. The van der Waals surface area contributed by atoms with Crippen molar-refractivity contribution in [3.63, 3.8) is 0 Å². The Labute approximate surface area is 105 Å². The van der Waals surface area contributed by atoms with Gasteiger partial charge < -0.3 is 10.0 Å². The Hall–Kier alpha value is -1.28. The molecule has 0 radical (unpaired) electrons. The second-order valence-corrected chi connectivity index (χ2v) is 5.30. The van der Waals surface area contributed by atoms with Crippen LogP contribution in [0, 0.1) is 0 Å². The first-order chi connectivity index (χ1) is 7.88. The molecule has 0 unspecified atom stereocenters. The highest BCUT2D eigenvalue weighted by Crippen LogP contribution is 2.30. The average molecular weight is 233 g/mol. The van der Waals surface area contributed by atoms with Gasteiger partial charge in [-0.05, 0) is 33.8 Å². The molecule has 1 aromatic carbocycles. The summed E-state index contributed by atoms with van der Waals surface area (Å²) in [6.07, 6.45) is 1.44. The predicted molar refractivity (Wildman–Crippen MR) is 74.4 cm³/mol. The van der Waals surface area contributed by atoms with Crippen molar-refractivity contribution in [1.82, 2.24) is 0 Å². The maximum absolute atomic E-state index is 9.83. The molecule has 0 spiro atoms. The van der Waals surface area contributed by atoms with E-state index in [1.807, 2.05) is 24.3 Å². The van der Waals surface area contributed by atoms with Crippen LogP contribution in [0.3, 0.4) is 0 Å². The average Bonchev–Trinajstić information content (AvgIpc) is 2.24. The molecule has 0 saturated heterocycles. The van der Waals surface area contributed by atoms with Gasteiger partial charge in [-0.15, -0.1) is 6.58 Å². The molecule has 0 saturated carbocycles. The van der Waals surface area contributed by atoms with Crippen molar-refractivity contribution >= 4 is 5.69 Å². The summed E-state index contributed by atoms with van der Waals surface area (Å²) in [6, 6.07) is 7.99. The van der Waals surface area contributed by atoms with E-state index in [9.17, 15) is 5.11 Å². The highest BCUT2D eigenvalue weighted by atomic mass is 16.3. The fourth-order valence-electron chi connectivity index (χ4n) is 1.95. The van der Waals surface area contributed by atoms with Gasteiger partial charge in [0.2, 0.25) is 0 Å². The molecule has 17 heavy (non-hydrogen) atoms. The number of hydrogen-bond acceptors (Lipinski definition) is 2. The summed E-state index contributed by atoms with van der Waals surface area (Å²) < 4.78 is 0. The lowest BCUT2D eigenvalue weighted by Gasteiger charge is -2.38. The smallest absolute Gasteiger partial charge is 0.0781 e. The summed E-state index contributed by atoms with van der Waals surface area (Å²) in [5.74, 6) is 0. The first-order valence-electron chi connectivity index (χ1n) is 6.03. The molecule has 0 amide bonds. The Morgan fingerprint density at radius 1 is 1.35 bits per heavy atom. The molecule has 94 valence electrons. The van der Waals surface area contributed by atoms with Gasteiger partial charge in [-0.3, -0.25) is 0 Å². The summed E-state index contributed by atoms with van der Waals surface area (Å²) in [6.45, 7) is 12.9. The molecule has 1 atom stereocenters. The number of aliphatic hydroxyl groups excluding tert-OH is 1. The van der Waals surface area contributed by atoms with Gasteiger partial charge in [0.1, 0.15) is 0 Å². The van der Waals surface area contributed by atoms with E-state index in [1.54, 1.807) is 6.92 Å². The van der Waals surface area contributed by atoms with Gasteiger partial charge in [0, 0.05) is 23.3 Å². The predicted octanol–water partition coefficient (Wildman–Crippen LogP) is 3.53. The summed E-state index contributed by atoms with van der Waals surface area (Å²) in [4.78, 5) is 2.25. The van der Waals surface area contributed by atoms with Crippen molar-refractivity contribution < 1.29 is 5.11 Å². The van der Waals surface area contributed by atoms with E-state index in [4.69, 9.17) is 0 Å². The molecule has 2 heteroatoms. The van der Waals surface area contributed by atoms with E-state index < -0.39 is 6.10 Å². The number of benzene rings is 1. The van der Waals surface area contributed by atoms with Crippen LogP contribution in [0.5, 0.6) is 0 Å². The summed E-state index contributed by atoms with van der Waals surface area (Å²) in [5, 5.41) is 9.83. The molecule has 0 bridgehead atoms. The third kappa shape index (κ3) is 3.34. The summed E-state index contributed by atoms with van der Waals surface area (Å²) in [7, 11) is 0. The number of rotatable bonds is 4. The molecule has 0 fully saturated rings. The fraction of sp³-hybridized carbons (Fsp3) is 0.467. The quantitative estimate of drug-likeness (QED) is 0.804. The van der Waals surface area contributed by atoms with Crippen molar-refractivity contribution in [3.05, 3.63) is 42.5 Å². The number of hydrogen-bond donors (Lipinski definition) is 1. The molecule has 1 N–H and O–H groups in total. The van der Waals surface area contributed by atoms with E-state index in [2.05, 4.69) is 38.3 Å². The van der Waals surface area contributed by atoms with Crippen LogP contribution >= 0.6 is 0 Å². The van der Waals surface area contributed by atoms with E-state index in [-0.39, 0.29) is 5.54 Å². The van der Waals surface area contributed by atoms with Crippen molar-refractivity contribution in [3.8, 4) is 0 Å². The lowest BCUT2D eigenvalue weighted by atomic mass is 10.0. The molecule has 0 aromatic heterocycles. The maximum atomic E-state index is 9.83. The highest BCUT2D eigenvalue weighted by molar-refractivity contribution is 5.56. The van der Waals surface area contributed by atoms with Crippen LogP contribution < -0.4 is 4.90 Å². The Kier molecular flexibility index (Phi) is 4.35. The third-order valence-corrected chi connectivity index (χ3v) is 2.80. The first kappa shape index (κ1) is 13.8. The van der Waals surface area contributed by atoms with Crippen LogP contribution in [0.2, 0.25) is 0 Å². The molecule has 0 aliphatic rings. The standard InChI is InChI=1S/C15H23NO/c1-6-11-16(15(3,4)5)14-10-8-7-9-13(14)12(2)17/h6-10,12,17H,1,11H2,2-5H3/t12-/m0/s1. The summed E-state index contributed by atoms with van der Waals surface area (Å²) in [5.41, 5.74) is 2.04. The SMILES string of the molecule is C=CCN(c1ccccc1[C@H](C)O)C(C)(C)C. The van der Waals surface area contributed by atoms with Gasteiger partial charge in [0.15, 0.2) is 0 Å². The van der Waals surface area contributed by atoms with Crippen LogP contribution in [0.4, 0.5) is 5.69 Å². The second-order valence-electron chi connectivity index (χ2n) is 5.30. The molecule has 0 heterocycles. The lowest BCUT2D eigenvalue weighted by molar-refractivity contribution is 0.199. The van der Waals surface area contributed by atoms with Crippen LogP contribution in [0.1, 0.15) is 39.4 Å². The minimum Gasteiger partial charge on any atom is -0.389 e. The molecule has 0 aliphatic carbocycles. The van der Waals surface area contributed by atoms with E-state index in [1.165, 1.54) is 0 Å². The van der Waals surface area contributed by atoms with Crippen LogP contribution in [0.15, 0.2) is 36.9 Å². The monoisotopic (exact) mass is 233 g/mol. The van der Waals surface area contributed by atoms with Crippen LogP contribution in [-0.2, 0) is 0 Å². The first-order valence-corrected chi connectivity index (χ1v) is 6.03. The number of anilines is 1. The van der Waals surface area contributed by atoms with Gasteiger partial charge >= 0.3 is 0 Å². The molecule has 0 aliphatic heterocycles. The Balaban J connectivity index is 3.23. The molecular weight excluding hydrogens is 210 g/mol. The lowest BCUT2D eigenvalue weighted by Crippen LogP contribution is -2.42. The Morgan fingerprint density at radius 3 is 2.41 bits per heavy atom. The van der Waals surface area contributed by atoms with Gasteiger partial charge in [0.05, 0.1) is 6.10 Å². The van der Waals surface area contributed by atoms with Crippen LogP contribution in [0.25, 0.3) is 0 Å². The van der Waals surface area contributed by atoms with Gasteiger partial charge in [0.25, 0.3) is 0 Å². The van der Waals surface area contributed by atoms with Crippen molar-refractivity contribution in [2.75, 3.05) is 11.4 Å². The zero-order chi connectivity index (χ0) is 13.1. The maximum Gasteiger partial charge on any atom is 0.0781 e. The van der Waals surface area contributed by atoms with Gasteiger partial charge in [-0.25, -0.2) is 0 Å². The molecule has 1 aromatic rings. The number of nitrogens with zero attached hydrogens (tertiary/aromatic N) is 1.